The van der Waals surface area contributed by atoms with Crippen LogP contribution in [0.15, 0.2) is 40.9 Å². The predicted molar refractivity (Wildman–Crippen MR) is 103 cm³/mol. The molecule has 1 N–H and O–H groups in total. The largest absolute Gasteiger partial charge is 0.497 e. The summed E-state index contributed by atoms with van der Waals surface area (Å²) in [6.45, 7) is 0. The van der Waals surface area contributed by atoms with Crippen LogP contribution >= 0.6 is 23.1 Å². The number of nitrogens with one attached hydrogen (secondary N) is 1. The van der Waals surface area contributed by atoms with E-state index in [4.69, 9.17) is 9.47 Å². The number of rotatable bonds is 7. The molecule has 2 aromatic heterocycles. The molecular weight excluding hydrogens is 372 g/mol. The van der Waals surface area contributed by atoms with E-state index in [9.17, 15) is 4.79 Å². The molecule has 0 unspecified atom stereocenters. The molecule has 0 aliphatic rings. The van der Waals surface area contributed by atoms with Crippen LogP contribution in [0.1, 0.15) is 0 Å². The summed E-state index contributed by atoms with van der Waals surface area (Å²) in [5.41, 5.74) is 0.594. The first kappa shape index (κ1) is 18.3. The van der Waals surface area contributed by atoms with Crippen molar-refractivity contribution in [3.63, 3.8) is 0 Å². The second-order valence-corrected chi connectivity index (χ2v) is 7.14. The molecule has 7 nitrogen and oxygen atoms in total. The third-order valence-electron chi connectivity index (χ3n) is 3.59. The minimum absolute atomic E-state index is 0.154. The van der Waals surface area contributed by atoms with Gasteiger partial charge in [-0.15, -0.1) is 21.5 Å². The topological polar surface area (TPSA) is 78.3 Å². The van der Waals surface area contributed by atoms with Gasteiger partial charge in [-0.05, 0) is 23.6 Å². The van der Waals surface area contributed by atoms with Crippen molar-refractivity contribution in [2.45, 2.75) is 5.16 Å². The SMILES string of the molecule is COc1ccc(NC(=O)CSc2nnc(-c3cccs3)n2C)c(OC)c1. The van der Waals surface area contributed by atoms with Crippen molar-refractivity contribution in [2.75, 3.05) is 25.3 Å². The van der Waals surface area contributed by atoms with E-state index in [1.807, 2.05) is 29.1 Å². The summed E-state index contributed by atoms with van der Waals surface area (Å²) in [5, 5.41) is 13.9. The van der Waals surface area contributed by atoms with E-state index in [-0.39, 0.29) is 11.7 Å². The van der Waals surface area contributed by atoms with Crippen LogP contribution in [-0.2, 0) is 11.8 Å². The van der Waals surface area contributed by atoms with Crippen molar-refractivity contribution in [2.24, 2.45) is 7.05 Å². The van der Waals surface area contributed by atoms with E-state index in [1.54, 1.807) is 43.8 Å². The first-order valence-corrected chi connectivity index (χ1v) is 9.57. The van der Waals surface area contributed by atoms with Gasteiger partial charge >= 0.3 is 0 Å². The van der Waals surface area contributed by atoms with E-state index in [2.05, 4.69) is 15.5 Å². The highest BCUT2D eigenvalue weighted by Gasteiger charge is 2.14. The number of nitrogens with zero attached hydrogens (tertiary/aromatic N) is 3. The first-order valence-electron chi connectivity index (χ1n) is 7.70. The van der Waals surface area contributed by atoms with Gasteiger partial charge in [-0.25, -0.2) is 0 Å². The molecular formula is C17H18N4O3S2. The Morgan fingerprint density at radius 1 is 1.27 bits per heavy atom. The molecule has 1 amide bonds. The number of amides is 1. The number of anilines is 1. The summed E-state index contributed by atoms with van der Waals surface area (Å²) in [5.74, 6) is 2.06. The summed E-state index contributed by atoms with van der Waals surface area (Å²) in [4.78, 5) is 13.3. The summed E-state index contributed by atoms with van der Waals surface area (Å²) in [6, 6.07) is 9.19. The second kappa shape index (κ2) is 8.24. The van der Waals surface area contributed by atoms with Gasteiger partial charge in [0.1, 0.15) is 11.5 Å². The Morgan fingerprint density at radius 2 is 2.12 bits per heavy atom. The molecule has 3 rings (SSSR count). The van der Waals surface area contributed by atoms with Crippen molar-refractivity contribution in [1.82, 2.24) is 14.8 Å². The van der Waals surface area contributed by atoms with E-state index in [1.165, 1.54) is 11.8 Å². The zero-order valence-electron chi connectivity index (χ0n) is 14.6. The Morgan fingerprint density at radius 3 is 2.81 bits per heavy atom. The molecule has 9 heteroatoms. The minimum atomic E-state index is -0.154. The highest BCUT2D eigenvalue weighted by molar-refractivity contribution is 7.99. The van der Waals surface area contributed by atoms with Crippen molar-refractivity contribution >= 4 is 34.7 Å². The Labute approximate surface area is 159 Å². The van der Waals surface area contributed by atoms with Gasteiger partial charge in [0.2, 0.25) is 5.91 Å². The molecule has 0 saturated heterocycles. The number of hydrogen-bond donors (Lipinski definition) is 1. The van der Waals surface area contributed by atoms with Gasteiger partial charge in [0, 0.05) is 13.1 Å². The van der Waals surface area contributed by atoms with Crippen LogP contribution in [0.2, 0.25) is 0 Å². The number of carbonyl (C=O) groups is 1. The molecule has 136 valence electrons. The van der Waals surface area contributed by atoms with Crippen LogP contribution in [0, 0.1) is 0 Å². The number of aromatic nitrogens is 3. The fourth-order valence-corrected chi connectivity index (χ4v) is 3.73. The molecule has 3 aromatic rings. The minimum Gasteiger partial charge on any atom is -0.497 e. The maximum Gasteiger partial charge on any atom is 0.234 e. The van der Waals surface area contributed by atoms with E-state index < -0.39 is 0 Å². The molecule has 0 radical (unpaired) electrons. The maximum atomic E-state index is 12.3. The van der Waals surface area contributed by atoms with Gasteiger partial charge in [0.25, 0.3) is 0 Å². The Kier molecular flexibility index (Phi) is 5.79. The fourth-order valence-electron chi connectivity index (χ4n) is 2.28. The first-order chi connectivity index (χ1) is 12.6. The summed E-state index contributed by atoms with van der Waals surface area (Å²) in [6.07, 6.45) is 0. The molecule has 1 aromatic carbocycles. The zero-order valence-corrected chi connectivity index (χ0v) is 16.2. The van der Waals surface area contributed by atoms with Gasteiger partial charge in [-0.1, -0.05) is 17.8 Å². The van der Waals surface area contributed by atoms with Gasteiger partial charge in [0.15, 0.2) is 11.0 Å². The number of hydrogen-bond acceptors (Lipinski definition) is 7. The van der Waals surface area contributed by atoms with Gasteiger partial charge in [-0.3, -0.25) is 4.79 Å². The molecule has 0 bridgehead atoms. The fraction of sp³-hybridized carbons (Fsp3) is 0.235. The van der Waals surface area contributed by atoms with E-state index in [0.29, 0.717) is 22.3 Å². The highest BCUT2D eigenvalue weighted by atomic mass is 32.2. The van der Waals surface area contributed by atoms with Gasteiger partial charge < -0.3 is 19.4 Å². The average molecular weight is 390 g/mol. The average Bonchev–Trinajstić information content (AvgIpc) is 3.30. The normalized spacial score (nSPS) is 10.6. The number of carbonyl (C=O) groups excluding carboxylic acids is 1. The summed E-state index contributed by atoms with van der Waals surface area (Å²) >= 11 is 2.93. The van der Waals surface area contributed by atoms with Crippen molar-refractivity contribution < 1.29 is 14.3 Å². The van der Waals surface area contributed by atoms with Gasteiger partial charge in [0.05, 0.1) is 30.5 Å². The Balaban J connectivity index is 1.63. The van der Waals surface area contributed by atoms with Gasteiger partial charge in [-0.2, -0.15) is 0 Å². The van der Waals surface area contributed by atoms with Crippen LogP contribution < -0.4 is 14.8 Å². The van der Waals surface area contributed by atoms with Crippen LogP contribution in [0.4, 0.5) is 5.69 Å². The van der Waals surface area contributed by atoms with Crippen LogP contribution in [0.3, 0.4) is 0 Å². The number of benzene rings is 1. The lowest BCUT2D eigenvalue weighted by atomic mass is 10.2. The quantitative estimate of drug-likeness (QED) is 0.624. The van der Waals surface area contributed by atoms with Crippen LogP contribution in [-0.4, -0.2) is 40.6 Å². The Hall–Kier alpha value is -2.52. The lowest BCUT2D eigenvalue weighted by Crippen LogP contribution is -2.15. The van der Waals surface area contributed by atoms with Crippen LogP contribution in [0.25, 0.3) is 10.7 Å². The lowest BCUT2D eigenvalue weighted by Gasteiger charge is -2.11. The second-order valence-electron chi connectivity index (χ2n) is 5.25. The monoisotopic (exact) mass is 390 g/mol. The molecule has 0 spiro atoms. The number of methoxy groups -OCH3 is 2. The molecule has 26 heavy (non-hydrogen) atoms. The zero-order chi connectivity index (χ0) is 18.5. The maximum absolute atomic E-state index is 12.3. The lowest BCUT2D eigenvalue weighted by molar-refractivity contribution is -0.113. The third-order valence-corrected chi connectivity index (χ3v) is 5.48. The standard InChI is InChI=1S/C17H18N4O3S2/c1-21-16(14-5-4-8-25-14)19-20-17(21)26-10-15(22)18-12-7-6-11(23-2)9-13(12)24-3/h4-9H,10H2,1-3H3,(H,18,22). The van der Waals surface area contributed by atoms with Crippen molar-refractivity contribution in [3.05, 3.63) is 35.7 Å². The van der Waals surface area contributed by atoms with E-state index >= 15 is 0 Å². The third kappa shape index (κ3) is 4.00. The summed E-state index contributed by atoms with van der Waals surface area (Å²) < 4.78 is 12.3. The molecule has 0 saturated carbocycles. The molecule has 0 aliphatic heterocycles. The molecule has 0 fully saturated rings. The van der Waals surface area contributed by atoms with Crippen molar-refractivity contribution in [3.8, 4) is 22.2 Å². The predicted octanol–water partition coefficient (Wildman–Crippen LogP) is 3.29. The number of thioether (sulfide) groups is 1. The number of ether oxygens (including phenoxy) is 2. The molecule has 0 atom stereocenters. The molecule has 2 heterocycles. The number of thiophene rings is 1. The van der Waals surface area contributed by atoms with E-state index in [0.717, 1.165) is 10.7 Å². The van der Waals surface area contributed by atoms with Crippen LogP contribution in [0.5, 0.6) is 11.5 Å². The summed E-state index contributed by atoms with van der Waals surface area (Å²) in [7, 11) is 5.02. The smallest absolute Gasteiger partial charge is 0.234 e. The Bertz CT molecular complexity index is 894. The van der Waals surface area contributed by atoms with Crippen molar-refractivity contribution in [1.29, 1.82) is 0 Å². The molecule has 0 aliphatic carbocycles. The highest BCUT2D eigenvalue weighted by Crippen LogP contribution is 2.30.